The first-order valence-electron chi connectivity index (χ1n) is 2.61. The number of imidazole rings is 1. The number of nitrogens with two attached hydrogens (primary N) is 1. The second kappa shape index (κ2) is 2.88. The molecule has 4 N–H and O–H groups in total. The van der Waals surface area contributed by atoms with Crippen LogP contribution in [-0.2, 0) is 4.57 Å². The van der Waals surface area contributed by atoms with E-state index in [0.29, 0.717) is 5.69 Å². The summed E-state index contributed by atoms with van der Waals surface area (Å²) in [6, 6.07) is 0. The molecule has 2 atom stereocenters. The van der Waals surface area contributed by atoms with E-state index < -0.39 is 13.8 Å². The van der Waals surface area contributed by atoms with E-state index in [0.717, 1.165) is 0 Å². The predicted molar refractivity (Wildman–Crippen MR) is 35.3 cm³/mol. The smallest absolute Gasteiger partial charge is 0.343 e. The third-order valence-electron chi connectivity index (χ3n) is 1.08. The highest BCUT2D eigenvalue weighted by molar-refractivity contribution is 7.38. The third-order valence-corrected chi connectivity index (χ3v) is 1.83. The van der Waals surface area contributed by atoms with E-state index in [2.05, 4.69) is 9.97 Å². The Kier molecular flexibility index (Phi) is 2.11. The Labute approximate surface area is 58.2 Å². The van der Waals surface area contributed by atoms with Crippen molar-refractivity contribution in [2.75, 3.05) is 0 Å². The van der Waals surface area contributed by atoms with Crippen LogP contribution < -0.4 is 5.73 Å². The maximum Gasteiger partial charge on any atom is 0.531 e. The fourth-order valence-electron chi connectivity index (χ4n) is 0.547. The van der Waals surface area contributed by atoms with Gasteiger partial charge in [-0.15, -0.1) is 0 Å². The van der Waals surface area contributed by atoms with E-state index in [-0.39, 0.29) is 0 Å². The van der Waals surface area contributed by atoms with Gasteiger partial charge in [-0.1, -0.05) is 0 Å². The van der Waals surface area contributed by atoms with Gasteiger partial charge in [0.05, 0.1) is 12.5 Å². The maximum absolute atomic E-state index is 10.4. The molecule has 54 valence electrons. The van der Waals surface area contributed by atoms with E-state index in [1.165, 1.54) is 12.5 Å². The highest BCUT2D eigenvalue weighted by Crippen LogP contribution is 2.30. The Morgan fingerprint density at radius 2 is 2.60 bits per heavy atom. The van der Waals surface area contributed by atoms with Crippen LogP contribution in [0, 0.1) is 0 Å². The molecule has 0 aliphatic carbocycles. The Bertz CT molecular complexity index is 222. The van der Waals surface area contributed by atoms with Crippen molar-refractivity contribution in [3.8, 4) is 0 Å². The monoisotopic (exact) mass is 160 g/mol. The first-order chi connectivity index (χ1) is 4.72. The molecule has 1 heterocycles. The number of nitrogens with zero attached hydrogens (tertiary/aromatic N) is 1. The molecule has 2 unspecified atom stereocenters. The number of hydrogen-bond acceptors (Lipinski definition) is 3. The molecule has 1 aromatic heterocycles. The van der Waals surface area contributed by atoms with Crippen LogP contribution in [0.2, 0.25) is 0 Å². The minimum atomic E-state index is -2.36. The number of hydrogen-bond donors (Lipinski definition) is 3. The number of nitrogens with one attached hydrogen (secondary N) is 1. The molecule has 0 bridgehead atoms. The zero-order valence-electron chi connectivity index (χ0n) is 5.06. The summed E-state index contributed by atoms with van der Waals surface area (Å²) in [6.07, 6.45) is 2.84. The highest BCUT2D eigenvalue weighted by Gasteiger charge is 2.26. The van der Waals surface area contributed by atoms with Crippen LogP contribution in [-0.4, -0.2) is 14.9 Å². The molecule has 1 rings (SSSR count). The molecular formula is C4H7N3O2P+. The fraction of sp³-hybridized carbons (Fsp3) is 0.250. The summed E-state index contributed by atoms with van der Waals surface area (Å²) in [6.45, 7) is 0. The van der Waals surface area contributed by atoms with Crippen LogP contribution in [0.25, 0.3) is 0 Å². The standard InChI is InChI=1S/C4H6N3O2P/c5-4(10(8)9)3-1-6-2-7-3/h1-2,4H,5H2,(H-,6,7,8,9)/p+1. The molecule has 0 amide bonds. The van der Waals surface area contributed by atoms with Crippen LogP contribution in [0.3, 0.4) is 0 Å². The summed E-state index contributed by atoms with van der Waals surface area (Å²) in [7, 11) is -2.36. The number of aromatic amines is 1. The van der Waals surface area contributed by atoms with Crippen molar-refractivity contribution in [2.45, 2.75) is 5.78 Å². The number of rotatable bonds is 2. The summed E-state index contributed by atoms with van der Waals surface area (Å²) in [5.41, 5.74) is 5.75. The summed E-state index contributed by atoms with van der Waals surface area (Å²) >= 11 is 0. The zero-order chi connectivity index (χ0) is 7.56. The lowest BCUT2D eigenvalue weighted by Crippen LogP contribution is -2.05. The van der Waals surface area contributed by atoms with Gasteiger partial charge in [0.2, 0.25) is 0 Å². The van der Waals surface area contributed by atoms with Gasteiger partial charge in [0.25, 0.3) is 5.78 Å². The first kappa shape index (κ1) is 7.34. The number of H-pyrrole nitrogens is 1. The molecule has 5 nitrogen and oxygen atoms in total. The highest BCUT2D eigenvalue weighted by atomic mass is 31.1. The molecule has 6 heteroatoms. The topological polar surface area (TPSA) is 92.0 Å². The molecular weight excluding hydrogens is 153 g/mol. The largest absolute Gasteiger partial charge is 0.531 e. The summed E-state index contributed by atoms with van der Waals surface area (Å²) in [5, 5.41) is 0. The Hall–Kier alpha value is -0.770. The van der Waals surface area contributed by atoms with Crippen LogP contribution in [0.1, 0.15) is 11.5 Å². The molecule has 0 spiro atoms. The van der Waals surface area contributed by atoms with Gasteiger partial charge >= 0.3 is 8.03 Å². The summed E-state index contributed by atoms with van der Waals surface area (Å²) in [4.78, 5) is 14.8. The normalized spacial score (nSPS) is 14.8. The predicted octanol–water partition coefficient (Wildman–Crippen LogP) is 0.102. The zero-order valence-corrected chi connectivity index (χ0v) is 5.95. The van der Waals surface area contributed by atoms with E-state index in [4.69, 9.17) is 10.6 Å². The van der Waals surface area contributed by atoms with Gasteiger partial charge in [-0.2, -0.15) is 4.89 Å². The van der Waals surface area contributed by atoms with Crippen LogP contribution in [0.5, 0.6) is 0 Å². The Balaban J connectivity index is 2.77. The van der Waals surface area contributed by atoms with E-state index >= 15 is 0 Å². The van der Waals surface area contributed by atoms with Gasteiger partial charge in [0.15, 0.2) is 0 Å². The van der Waals surface area contributed by atoms with Crippen molar-refractivity contribution in [3.63, 3.8) is 0 Å². The molecule has 0 aromatic carbocycles. The van der Waals surface area contributed by atoms with E-state index in [9.17, 15) is 4.57 Å². The van der Waals surface area contributed by atoms with Crippen molar-refractivity contribution in [1.29, 1.82) is 0 Å². The van der Waals surface area contributed by atoms with Crippen molar-refractivity contribution in [3.05, 3.63) is 18.2 Å². The molecule has 0 radical (unpaired) electrons. The average Bonchev–Trinajstić information content (AvgIpc) is 2.36. The lowest BCUT2D eigenvalue weighted by atomic mass is 10.5. The first-order valence-corrected chi connectivity index (χ1v) is 3.89. The van der Waals surface area contributed by atoms with Gasteiger partial charge in [0.1, 0.15) is 5.69 Å². The van der Waals surface area contributed by atoms with Crippen molar-refractivity contribution in [2.24, 2.45) is 5.73 Å². The summed E-state index contributed by atoms with van der Waals surface area (Å²) in [5.74, 6) is -0.850. The van der Waals surface area contributed by atoms with Gasteiger partial charge in [-0.05, 0) is 4.57 Å². The summed E-state index contributed by atoms with van der Waals surface area (Å²) < 4.78 is 10.4. The Morgan fingerprint density at radius 1 is 1.90 bits per heavy atom. The SMILES string of the molecule is NC(c1cnc[nH]1)[P+](=O)O. The molecule has 0 saturated heterocycles. The lowest BCUT2D eigenvalue weighted by Gasteiger charge is -1.89. The van der Waals surface area contributed by atoms with Crippen LogP contribution in [0.15, 0.2) is 12.5 Å². The molecule has 0 saturated carbocycles. The van der Waals surface area contributed by atoms with Crippen molar-refractivity contribution in [1.82, 2.24) is 9.97 Å². The minimum Gasteiger partial charge on any atom is -0.343 e. The molecule has 10 heavy (non-hydrogen) atoms. The van der Waals surface area contributed by atoms with Gasteiger partial charge in [0, 0.05) is 0 Å². The van der Waals surface area contributed by atoms with Gasteiger partial charge in [-0.3, -0.25) is 5.73 Å². The van der Waals surface area contributed by atoms with Crippen LogP contribution in [0.4, 0.5) is 0 Å². The van der Waals surface area contributed by atoms with Gasteiger partial charge < -0.3 is 4.98 Å². The second-order valence-electron chi connectivity index (χ2n) is 1.75. The molecule has 0 fully saturated rings. The Morgan fingerprint density at radius 3 is 3.00 bits per heavy atom. The van der Waals surface area contributed by atoms with E-state index in [1.807, 2.05) is 0 Å². The lowest BCUT2D eigenvalue weighted by molar-refractivity contribution is 0.490. The van der Waals surface area contributed by atoms with Crippen molar-refractivity contribution < 1.29 is 9.46 Å². The van der Waals surface area contributed by atoms with Gasteiger partial charge in [-0.25, -0.2) is 4.98 Å². The number of aromatic nitrogens is 2. The average molecular weight is 160 g/mol. The maximum atomic E-state index is 10.4. The minimum absolute atomic E-state index is 0.476. The van der Waals surface area contributed by atoms with Crippen LogP contribution >= 0.6 is 8.03 Å². The molecule has 1 aromatic rings. The quantitative estimate of drug-likeness (QED) is 0.535. The molecule has 0 aliphatic heterocycles. The fourth-order valence-corrected chi connectivity index (χ4v) is 0.927. The van der Waals surface area contributed by atoms with Crippen molar-refractivity contribution >= 4 is 8.03 Å². The molecule has 0 aliphatic rings. The third kappa shape index (κ3) is 1.39. The van der Waals surface area contributed by atoms with E-state index in [1.54, 1.807) is 0 Å². The second-order valence-corrected chi connectivity index (χ2v) is 2.92.